The van der Waals surface area contributed by atoms with Gasteiger partial charge in [-0.2, -0.15) is 23.7 Å². The first-order valence-corrected chi connectivity index (χ1v) is 8.14. The zero-order valence-electron chi connectivity index (χ0n) is 15.2. The minimum Gasteiger partial charge on any atom is -0.359 e. The molecule has 0 saturated heterocycles. The third-order valence-corrected chi connectivity index (χ3v) is 4.27. The van der Waals surface area contributed by atoms with Crippen molar-refractivity contribution in [1.82, 2.24) is 29.9 Å². The van der Waals surface area contributed by atoms with Crippen molar-refractivity contribution in [3.63, 3.8) is 0 Å². The average Bonchev–Trinajstić information content (AvgIpc) is 2.71. The molecule has 12 heteroatoms. The molecule has 0 aliphatic heterocycles. The number of halogens is 3. The average molecular weight is 405 g/mol. The van der Waals surface area contributed by atoms with E-state index in [9.17, 15) is 23.7 Å². The molecule has 0 aliphatic rings. The van der Waals surface area contributed by atoms with Gasteiger partial charge in [0.05, 0.1) is 11.4 Å². The number of rotatable bonds is 0. The predicted octanol–water partition coefficient (Wildman–Crippen LogP) is 3.45. The van der Waals surface area contributed by atoms with Crippen LogP contribution < -0.4 is 0 Å². The fraction of sp³-hybridized carbons (Fsp3) is 0.167. The molecule has 0 saturated carbocycles. The lowest BCUT2D eigenvalue weighted by Crippen LogP contribution is -2.13. The smallest absolute Gasteiger partial charge is 0.359 e. The summed E-state index contributed by atoms with van der Waals surface area (Å²) in [5.41, 5.74) is -2.62. The number of hydrogen-bond donors (Lipinski definition) is 0. The lowest BCUT2D eigenvalue weighted by atomic mass is 10.1. The van der Waals surface area contributed by atoms with Crippen molar-refractivity contribution in [2.24, 2.45) is 0 Å². The van der Waals surface area contributed by atoms with Gasteiger partial charge in [0.25, 0.3) is 5.82 Å². The quantitative estimate of drug-likeness (QED) is 0.321. The molecule has 30 heavy (non-hydrogen) atoms. The number of hydrogen-bond acceptors (Lipinski definition) is 8. The van der Waals surface area contributed by atoms with Gasteiger partial charge in [-0.3, -0.25) is 4.98 Å². The highest BCUT2D eigenvalue weighted by molar-refractivity contribution is 6.18. The molecule has 0 spiro atoms. The summed E-state index contributed by atoms with van der Waals surface area (Å²) in [6.07, 6.45) is -4.95. The third kappa shape index (κ3) is 2.61. The van der Waals surface area contributed by atoms with E-state index in [2.05, 4.69) is 34.7 Å². The summed E-state index contributed by atoms with van der Waals surface area (Å²) in [5, 5.41) is 18.5. The Morgan fingerprint density at radius 1 is 0.733 bits per heavy atom. The van der Waals surface area contributed by atoms with E-state index in [4.69, 9.17) is 6.57 Å². The fourth-order valence-corrected chi connectivity index (χ4v) is 2.94. The molecular weight excluding hydrogens is 399 g/mol. The Balaban J connectivity index is 2.38. The van der Waals surface area contributed by atoms with E-state index >= 15 is 0 Å². The Morgan fingerprint density at radius 2 is 1.20 bits per heavy atom. The van der Waals surface area contributed by atoms with Crippen LogP contribution in [0.2, 0.25) is 0 Å². The first-order valence-electron chi connectivity index (χ1n) is 8.14. The minimum absolute atomic E-state index is 0.0264. The van der Waals surface area contributed by atoms with E-state index in [1.165, 1.54) is 19.9 Å². The Morgan fingerprint density at radius 3 is 1.73 bits per heavy atom. The summed E-state index contributed by atoms with van der Waals surface area (Å²) >= 11 is 0. The van der Waals surface area contributed by atoms with Crippen LogP contribution in [0.3, 0.4) is 0 Å². The van der Waals surface area contributed by atoms with Crippen LogP contribution >= 0.6 is 0 Å². The first-order chi connectivity index (χ1) is 14.2. The van der Waals surface area contributed by atoms with E-state index in [-0.39, 0.29) is 56.0 Å². The molecule has 4 aromatic rings. The van der Waals surface area contributed by atoms with Crippen molar-refractivity contribution in [2.75, 3.05) is 0 Å². The lowest BCUT2D eigenvalue weighted by molar-refractivity contribution is -0.141. The number of nitrogens with zero attached hydrogens (tertiary/aromatic N) is 9. The second-order valence-corrected chi connectivity index (χ2v) is 6.14. The van der Waals surface area contributed by atoms with Crippen LogP contribution in [0.5, 0.6) is 0 Å². The van der Waals surface area contributed by atoms with E-state index < -0.39 is 17.6 Å². The molecule has 3 heterocycles. The lowest BCUT2D eigenvalue weighted by Gasteiger charge is -2.11. The van der Waals surface area contributed by atoms with Crippen molar-refractivity contribution >= 4 is 38.9 Å². The normalized spacial score (nSPS) is 11.4. The number of alkyl halides is 3. The van der Waals surface area contributed by atoms with Crippen LogP contribution in [0.15, 0.2) is 0 Å². The standard InChI is InChI=1S/C18H6F3N9/c1-6-8(4-22)27-12-10(25-6)15-11(26-7(2)17(24-3)30-15)13-14(12)29-16(18(19,20)21)9(5-23)28-13/h1-2H3. The SMILES string of the molecule is [C-]#[N+]c1nc2c3nc(C)c(C#N)nc3c3nc(C(F)(F)F)c(C#N)nc3c2nc1C. The number of fused-ring (bicyclic) bond motifs is 6. The first kappa shape index (κ1) is 18.8. The van der Waals surface area contributed by atoms with Crippen LogP contribution in [0.25, 0.3) is 37.9 Å². The summed E-state index contributed by atoms with van der Waals surface area (Å²) in [7, 11) is 0. The number of aryl methyl sites for hydroxylation is 2. The molecular formula is C18H6F3N9. The predicted molar refractivity (Wildman–Crippen MR) is 95.9 cm³/mol. The van der Waals surface area contributed by atoms with Crippen molar-refractivity contribution in [3.05, 3.63) is 39.9 Å². The van der Waals surface area contributed by atoms with Gasteiger partial charge in [0, 0.05) is 0 Å². The van der Waals surface area contributed by atoms with Gasteiger partial charge < -0.3 is 4.85 Å². The van der Waals surface area contributed by atoms with Crippen molar-refractivity contribution in [3.8, 4) is 12.1 Å². The topological polar surface area (TPSA) is 129 Å². The van der Waals surface area contributed by atoms with E-state index in [0.29, 0.717) is 0 Å². The van der Waals surface area contributed by atoms with Crippen LogP contribution in [0.4, 0.5) is 19.0 Å². The summed E-state index contributed by atoms with van der Waals surface area (Å²) in [4.78, 5) is 27.6. The van der Waals surface area contributed by atoms with Gasteiger partial charge in [0.2, 0.25) is 5.52 Å². The molecule has 0 unspecified atom stereocenters. The van der Waals surface area contributed by atoms with Gasteiger partial charge in [-0.05, 0) is 13.8 Å². The molecule has 4 rings (SSSR count). The molecule has 3 aromatic heterocycles. The van der Waals surface area contributed by atoms with Crippen LogP contribution in [-0.4, -0.2) is 29.9 Å². The molecule has 0 amide bonds. The number of aromatic nitrogens is 6. The highest BCUT2D eigenvalue weighted by atomic mass is 19.4. The maximum atomic E-state index is 13.4. The fourth-order valence-electron chi connectivity index (χ4n) is 2.94. The highest BCUT2D eigenvalue weighted by Crippen LogP contribution is 2.36. The largest absolute Gasteiger partial charge is 0.436 e. The maximum absolute atomic E-state index is 13.4. The van der Waals surface area contributed by atoms with Crippen LogP contribution in [0, 0.1) is 43.1 Å². The second kappa shape index (κ2) is 6.26. The molecule has 144 valence electrons. The monoisotopic (exact) mass is 405 g/mol. The minimum atomic E-state index is -4.95. The second-order valence-electron chi connectivity index (χ2n) is 6.14. The van der Waals surface area contributed by atoms with Crippen molar-refractivity contribution in [1.29, 1.82) is 10.5 Å². The van der Waals surface area contributed by atoms with Gasteiger partial charge >= 0.3 is 6.18 Å². The number of nitriles is 2. The van der Waals surface area contributed by atoms with Crippen molar-refractivity contribution in [2.45, 2.75) is 20.0 Å². The Hall–Kier alpha value is -4.50. The van der Waals surface area contributed by atoms with E-state index in [1.807, 2.05) is 6.07 Å². The maximum Gasteiger partial charge on any atom is 0.436 e. The summed E-state index contributed by atoms with van der Waals surface area (Å²) in [6.45, 7) is 10.3. The third-order valence-electron chi connectivity index (χ3n) is 4.27. The zero-order chi connectivity index (χ0) is 21.8. The molecule has 0 bridgehead atoms. The Bertz CT molecular complexity index is 1500. The molecule has 0 N–H and O–H groups in total. The summed E-state index contributed by atoms with van der Waals surface area (Å²) < 4.78 is 40.3. The van der Waals surface area contributed by atoms with Gasteiger partial charge in [0.15, 0.2) is 17.1 Å². The molecule has 0 atom stereocenters. The van der Waals surface area contributed by atoms with Gasteiger partial charge in [-0.15, -0.1) is 4.98 Å². The van der Waals surface area contributed by atoms with Gasteiger partial charge in [-0.1, -0.05) is 6.57 Å². The molecule has 0 aliphatic carbocycles. The summed E-state index contributed by atoms with van der Waals surface area (Å²) in [6, 6.07) is 3.22. The Kier molecular flexibility index (Phi) is 3.93. The van der Waals surface area contributed by atoms with Gasteiger partial charge in [0.1, 0.15) is 39.7 Å². The zero-order valence-corrected chi connectivity index (χ0v) is 15.2. The van der Waals surface area contributed by atoms with Crippen LogP contribution in [0.1, 0.15) is 28.5 Å². The number of benzene rings is 1. The van der Waals surface area contributed by atoms with Crippen LogP contribution in [-0.2, 0) is 6.18 Å². The van der Waals surface area contributed by atoms with Crippen molar-refractivity contribution < 1.29 is 13.2 Å². The molecule has 0 fully saturated rings. The Labute approximate surface area is 165 Å². The molecule has 9 nitrogen and oxygen atoms in total. The molecule has 1 aromatic carbocycles. The highest BCUT2D eigenvalue weighted by Gasteiger charge is 2.38. The molecule has 0 radical (unpaired) electrons. The van der Waals surface area contributed by atoms with E-state index in [0.717, 1.165) is 0 Å². The summed E-state index contributed by atoms with van der Waals surface area (Å²) in [5.74, 6) is -0.0349. The van der Waals surface area contributed by atoms with Gasteiger partial charge in [-0.25, -0.2) is 19.9 Å². The van der Waals surface area contributed by atoms with E-state index in [1.54, 1.807) is 0 Å².